The summed E-state index contributed by atoms with van der Waals surface area (Å²) < 4.78 is 50.9. The van der Waals surface area contributed by atoms with E-state index in [4.69, 9.17) is 16.3 Å². The van der Waals surface area contributed by atoms with Crippen molar-refractivity contribution in [2.75, 3.05) is 17.3 Å². The molecule has 0 saturated heterocycles. The van der Waals surface area contributed by atoms with E-state index in [1.54, 1.807) is 20.3 Å². The standard InChI is InChI=1S/C27H23ClF3N9O3/c1-37(24(41)13-3-4-13)20-12-40-17(8-32-20)18(10-34-40)43-19-9-33-23-22(21(19)28)38(2)26(36-23)35-16-7-14(27(29,30)31)11-39(25(16)42)15-5-6-15/h7-13,15H,3-6H2,1-2H3,(H,33,35,36). The number of carbonyl (C=O) groups excluding carboxylic acids is 1. The smallest absolute Gasteiger partial charge is 0.417 e. The minimum absolute atomic E-state index is 0.00770. The number of anilines is 3. The van der Waals surface area contributed by atoms with Crippen molar-refractivity contribution >= 4 is 51.6 Å². The van der Waals surface area contributed by atoms with Crippen LogP contribution in [0.5, 0.6) is 11.5 Å². The lowest BCUT2D eigenvalue weighted by molar-refractivity contribution is -0.138. The van der Waals surface area contributed by atoms with E-state index in [9.17, 15) is 22.8 Å². The fraction of sp³-hybridized carbons (Fsp3) is 0.333. The fourth-order valence-corrected chi connectivity index (χ4v) is 5.12. The number of aromatic nitrogens is 7. The van der Waals surface area contributed by atoms with Gasteiger partial charge in [-0.3, -0.25) is 14.5 Å². The fourth-order valence-electron chi connectivity index (χ4n) is 4.83. The molecule has 7 rings (SSSR count). The van der Waals surface area contributed by atoms with Crippen LogP contribution in [0.3, 0.4) is 0 Å². The first kappa shape index (κ1) is 27.2. The third kappa shape index (κ3) is 4.82. The van der Waals surface area contributed by atoms with Gasteiger partial charge in [-0.2, -0.15) is 23.3 Å². The molecule has 0 atom stereocenters. The van der Waals surface area contributed by atoms with Gasteiger partial charge in [-0.15, -0.1) is 0 Å². The highest BCUT2D eigenvalue weighted by Gasteiger charge is 2.35. The van der Waals surface area contributed by atoms with Crippen LogP contribution < -0.4 is 20.5 Å². The molecule has 5 aromatic heterocycles. The zero-order chi connectivity index (χ0) is 30.2. The Morgan fingerprint density at radius 2 is 1.88 bits per heavy atom. The topological polar surface area (TPSA) is 124 Å². The third-order valence-electron chi connectivity index (χ3n) is 7.54. The summed E-state index contributed by atoms with van der Waals surface area (Å²) in [6, 6.07) is 0.508. The molecule has 2 aliphatic rings. The van der Waals surface area contributed by atoms with Crippen molar-refractivity contribution in [3.63, 3.8) is 0 Å². The van der Waals surface area contributed by atoms with Crippen molar-refractivity contribution < 1.29 is 22.7 Å². The molecule has 0 aromatic carbocycles. The normalized spacial score (nSPS) is 15.3. The second kappa shape index (κ2) is 9.69. The molecule has 0 radical (unpaired) electrons. The number of nitrogens with one attached hydrogen (secondary N) is 1. The molecule has 0 bridgehead atoms. The number of pyridine rings is 2. The largest absolute Gasteiger partial charge is 0.450 e. The predicted octanol–water partition coefficient (Wildman–Crippen LogP) is 5.09. The third-order valence-corrected chi connectivity index (χ3v) is 7.90. The van der Waals surface area contributed by atoms with Crippen LogP contribution in [0.2, 0.25) is 5.02 Å². The monoisotopic (exact) mass is 613 g/mol. The highest BCUT2D eigenvalue weighted by atomic mass is 35.5. The number of ether oxygens (including phenoxy) is 1. The molecule has 2 aliphatic carbocycles. The minimum atomic E-state index is -4.64. The Morgan fingerprint density at radius 3 is 2.58 bits per heavy atom. The maximum atomic E-state index is 13.6. The Hall–Kier alpha value is -4.66. The number of aryl methyl sites for hydroxylation is 1. The molecule has 0 unspecified atom stereocenters. The van der Waals surface area contributed by atoms with Gasteiger partial charge in [0.05, 0.1) is 30.4 Å². The van der Waals surface area contributed by atoms with Crippen molar-refractivity contribution in [3.05, 3.63) is 58.0 Å². The first-order valence-electron chi connectivity index (χ1n) is 13.4. The van der Waals surface area contributed by atoms with E-state index in [2.05, 4.69) is 25.4 Å². The molecule has 0 spiro atoms. The zero-order valence-electron chi connectivity index (χ0n) is 22.8. The van der Waals surface area contributed by atoms with Gasteiger partial charge in [-0.1, -0.05) is 11.6 Å². The van der Waals surface area contributed by atoms with E-state index in [1.807, 2.05) is 0 Å². The summed E-state index contributed by atoms with van der Waals surface area (Å²) in [6.45, 7) is 0. The summed E-state index contributed by atoms with van der Waals surface area (Å²) in [4.78, 5) is 40.0. The van der Waals surface area contributed by atoms with Gasteiger partial charge in [-0.25, -0.2) is 14.5 Å². The van der Waals surface area contributed by atoms with E-state index >= 15 is 0 Å². The van der Waals surface area contributed by atoms with Crippen molar-refractivity contribution in [2.24, 2.45) is 13.0 Å². The van der Waals surface area contributed by atoms with E-state index in [-0.39, 0.29) is 45.9 Å². The lowest BCUT2D eigenvalue weighted by atomic mass is 10.2. The lowest BCUT2D eigenvalue weighted by Gasteiger charge is -2.15. The highest BCUT2D eigenvalue weighted by molar-refractivity contribution is 6.36. The molecule has 43 heavy (non-hydrogen) atoms. The van der Waals surface area contributed by atoms with Crippen LogP contribution in [-0.4, -0.2) is 46.7 Å². The molecule has 222 valence electrons. The molecule has 12 nitrogen and oxygen atoms in total. The molecule has 2 fully saturated rings. The molecular formula is C27H23ClF3N9O3. The number of nitrogens with zero attached hydrogens (tertiary/aromatic N) is 8. The van der Waals surface area contributed by atoms with Crippen LogP contribution in [0.25, 0.3) is 16.7 Å². The molecule has 5 heterocycles. The molecule has 5 aromatic rings. The van der Waals surface area contributed by atoms with Crippen LogP contribution in [0.1, 0.15) is 37.3 Å². The van der Waals surface area contributed by atoms with Gasteiger partial charge in [0.25, 0.3) is 5.56 Å². The van der Waals surface area contributed by atoms with Crippen LogP contribution >= 0.6 is 11.6 Å². The van der Waals surface area contributed by atoms with Crippen LogP contribution in [0, 0.1) is 5.92 Å². The van der Waals surface area contributed by atoms with Crippen molar-refractivity contribution in [3.8, 4) is 11.5 Å². The number of amides is 1. The maximum Gasteiger partial charge on any atom is 0.417 e. The second-order valence-corrected chi connectivity index (χ2v) is 11.0. The molecule has 0 aliphatic heterocycles. The Morgan fingerprint density at radius 1 is 1.12 bits per heavy atom. The predicted molar refractivity (Wildman–Crippen MR) is 150 cm³/mol. The van der Waals surface area contributed by atoms with Crippen molar-refractivity contribution in [1.82, 2.24) is 33.7 Å². The Bertz CT molecular complexity index is 1990. The van der Waals surface area contributed by atoms with Crippen molar-refractivity contribution in [2.45, 2.75) is 37.9 Å². The number of rotatable bonds is 7. The number of fused-ring (bicyclic) bond motifs is 2. The molecule has 2 saturated carbocycles. The van der Waals surface area contributed by atoms with Gasteiger partial charge in [0, 0.05) is 32.3 Å². The van der Waals surface area contributed by atoms with E-state index < -0.39 is 17.3 Å². The Balaban J connectivity index is 1.19. The molecule has 1 amide bonds. The first-order chi connectivity index (χ1) is 20.5. The number of carbonyl (C=O) groups is 1. The SMILES string of the molecule is CN(C(=O)C1CC1)c1cn2ncc(Oc3cnc4nc(Nc5cc(C(F)(F)F)cn(C6CC6)c5=O)n(C)c4c3Cl)c2cn1. The number of halogens is 4. The molecular weight excluding hydrogens is 591 g/mol. The Labute approximate surface area is 245 Å². The van der Waals surface area contributed by atoms with Crippen LogP contribution in [0.15, 0.2) is 41.8 Å². The number of alkyl halides is 3. The van der Waals surface area contributed by atoms with Gasteiger partial charge in [-0.05, 0) is 31.7 Å². The van der Waals surface area contributed by atoms with Crippen molar-refractivity contribution in [1.29, 1.82) is 0 Å². The first-order valence-corrected chi connectivity index (χ1v) is 13.8. The zero-order valence-corrected chi connectivity index (χ0v) is 23.5. The maximum absolute atomic E-state index is 13.6. The summed E-state index contributed by atoms with van der Waals surface area (Å²) >= 11 is 6.70. The highest BCUT2D eigenvalue weighted by Crippen LogP contribution is 2.39. The summed E-state index contributed by atoms with van der Waals surface area (Å²) in [6.07, 6.45) is 5.23. The number of imidazole rings is 1. The lowest BCUT2D eigenvalue weighted by Crippen LogP contribution is -2.28. The van der Waals surface area contributed by atoms with Crippen LogP contribution in [0.4, 0.5) is 30.6 Å². The van der Waals surface area contributed by atoms with Crippen LogP contribution in [-0.2, 0) is 18.0 Å². The quantitative estimate of drug-likeness (QED) is 0.269. The average Bonchev–Trinajstić information content (AvgIpc) is 3.91. The van der Waals surface area contributed by atoms with Gasteiger partial charge >= 0.3 is 6.18 Å². The summed E-state index contributed by atoms with van der Waals surface area (Å²) in [7, 11) is 3.26. The Kier molecular flexibility index (Phi) is 6.13. The minimum Gasteiger partial charge on any atom is -0.450 e. The van der Waals surface area contributed by atoms with E-state index in [1.165, 1.54) is 32.6 Å². The summed E-state index contributed by atoms with van der Waals surface area (Å²) in [5.41, 5.74) is -0.770. The summed E-state index contributed by atoms with van der Waals surface area (Å²) in [5, 5.41) is 7.18. The van der Waals surface area contributed by atoms with Gasteiger partial charge < -0.3 is 19.2 Å². The van der Waals surface area contributed by atoms with Gasteiger partial charge in [0.2, 0.25) is 11.9 Å². The summed E-state index contributed by atoms with van der Waals surface area (Å²) in [5.74, 6) is 1.05. The van der Waals surface area contributed by atoms with E-state index in [0.717, 1.165) is 29.7 Å². The van der Waals surface area contributed by atoms with E-state index in [0.29, 0.717) is 35.4 Å². The number of hydrogen-bond acceptors (Lipinski definition) is 8. The second-order valence-electron chi connectivity index (χ2n) is 10.7. The number of hydrogen-bond donors (Lipinski definition) is 1. The van der Waals surface area contributed by atoms with Gasteiger partial charge in [0.1, 0.15) is 21.7 Å². The van der Waals surface area contributed by atoms with Gasteiger partial charge in [0.15, 0.2) is 23.0 Å². The average molecular weight is 614 g/mol. The molecule has 1 N–H and O–H groups in total. The molecule has 16 heteroatoms.